The Morgan fingerprint density at radius 2 is 0.968 bits per heavy atom. The Kier molecular flexibility index (Phi) is 24.2. The lowest BCUT2D eigenvalue weighted by Crippen LogP contribution is -2.62. The normalized spacial score (nSPS) is 16.9. The number of ketones is 1. The SMILES string of the molecule is C/C=C/C[C@@H](C)[C@@H](O)[C@@H](C(=O)N[C@H](C(=O)CC=O)[C@@H](C)O)N(C)C(=O)[C@H](C)N(C)C(=O)[C@H](C)NC(=O)[C@H](C)N(C)C(=O)[C@@H](C)NC(=O)[C@H](C)NC(=O)[C@H](C)N(C)C(=O)[C@H](C)NC=O. The summed E-state index contributed by atoms with van der Waals surface area (Å²) < 4.78 is 0. The Labute approximate surface area is 369 Å². The summed E-state index contributed by atoms with van der Waals surface area (Å²) in [6.45, 7) is 14.3. The van der Waals surface area contributed by atoms with Gasteiger partial charge in [0.05, 0.1) is 18.6 Å². The van der Waals surface area contributed by atoms with Gasteiger partial charge in [-0.05, 0) is 74.7 Å². The van der Waals surface area contributed by atoms with Crippen LogP contribution in [0.2, 0.25) is 0 Å². The summed E-state index contributed by atoms with van der Waals surface area (Å²) in [5, 5.41) is 33.6. The third-order valence-corrected chi connectivity index (χ3v) is 10.9. The van der Waals surface area contributed by atoms with Crippen molar-refractivity contribution in [1.82, 2.24) is 46.2 Å². The van der Waals surface area contributed by atoms with E-state index in [1.54, 1.807) is 26.0 Å². The number of nitrogens with zero attached hydrogens (tertiary/aromatic N) is 4. The number of carbonyl (C=O) groups excluding carboxylic acids is 11. The van der Waals surface area contributed by atoms with Gasteiger partial charge in [0.2, 0.25) is 53.7 Å². The number of nitrogens with one attached hydrogen (secondary N) is 5. The zero-order valence-electron chi connectivity index (χ0n) is 38.8. The highest BCUT2D eigenvalue weighted by Gasteiger charge is 2.41. The van der Waals surface area contributed by atoms with Gasteiger partial charge in [-0.15, -0.1) is 0 Å². The predicted octanol–water partition coefficient (Wildman–Crippen LogP) is -3.01. The van der Waals surface area contributed by atoms with E-state index in [1.165, 1.54) is 83.6 Å². The van der Waals surface area contributed by atoms with Crippen LogP contribution in [0.3, 0.4) is 0 Å². The molecule has 7 N–H and O–H groups in total. The van der Waals surface area contributed by atoms with E-state index in [2.05, 4.69) is 26.6 Å². The molecule has 0 heterocycles. The minimum Gasteiger partial charge on any atom is -0.391 e. The fraction of sp³-hybridized carbons (Fsp3) is 0.683. The lowest BCUT2D eigenvalue weighted by atomic mass is 9.92. The van der Waals surface area contributed by atoms with E-state index in [0.29, 0.717) is 19.1 Å². The van der Waals surface area contributed by atoms with E-state index in [9.17, 15) is 63.0 Å². The van der Waals surface area contributed by atoms with Gasteiger partial charge in [-0.3, -0.25) is 47.9 Å². The first-order valence-corrected chi connectivity index (χ1v) is 20.6. The van der Waals surface area contributed by atoms with Gasteiger partial charge in [0.25, 0.3) is 0 Å². The van der Waals surface area contributed by atoms with Crippen molar-refractivity contribution in [3.63, 3.8) is 0 Å². The molecule has 22 nitrogen and oxygen atoms in total. The molecule has 0 aromatic carbocycles. The number of aliphatic hydroxyl groups is 2. The number of hydrogen-bond acceptors (Lipinski definition) is 13. The van der Waals surface area contributed by atoms with Crippen molar-refractivity contribution >= 4 is 65.7 Å². The van der Waals surface area contributed by atoms with Crippen molar-refractivity contribution in [2.75, 3.05) is 28.2 Å². The molecule has 356 valence electrons. The quantitative estimate of drug-likeness (QED) is 0.0259. The summed E-state index contributed by atoms with van der Waals surface area (Å²) >= 11 is 0. The fourth-order valence-electron chi connectivity index (χ4n) is 6.09. The average molecular weight is 896 g/mol. The summed E-state index contributed by atoms with van der Waals surface area (Å²) in [6.07, 6.45) is 0.918. The second-order valence-corrected chi connectivity index (χ2v) is 15.8. The van der Waals surface area contributed by atoms with Crippen LogP contribution in [0.5, 0.6) is 0 Å². The summed E-state index contributed by atoms with van der Waals surface area (Å²) in [4.78, 5) is 144. The zero-order chi connectivity index (χ0) is 49.2. The van der Waals surface area contributed by atoms with Crippen LogP contribution in [-0.4, -0.2) is 190 Å². The second kappa shape index (κ2) is 26.6. The van der Waals surface area contributed by atoms with Gasteiger partial charge in [-0.25, -0.2) is 0 Å². The van der Waals surface area contributed by atoms with E-state index >= 15 is 0 Å². The molecule has 0 unspecified atom stereocenters. The minimum atomic E-state index is -1.62. The van der Waals surface area contributed by atoms with Gasteiger partial charge in [0.1, 0.15) is 60.7 Å². The van der Waals surface area contributed by atoms with Crippen LogP contribution in [0.1, 0.15) is 82.1 Å². The molecule has 0 aliphatic carbocycles. The van der Waals surface area contributed by atoms with Crippen molar-refractivity contribution in [3.8, 4) is 0 Å². The van der Waals surface area contributed by atoms with Crippen molar-refractivity contribution in [2.45, 2.75) is 149 Å². The van der Waals surface area contributed by atoms with Crippen LogP contribution < -0.4 is 26.6 Å². The lowest BCUT2D eigenvalue weighted by Gasteiger charge is -2.37. The van der Waals surface area contributed by atoms with Crippen LogP contribution in [0, 0.1) is 5.92 Å². The van der Waals surface area contributed by atoms with Crippen molar-refractivity contribution in [3.05, 3.63) is 12.2 Å². The molecule has 0 aromatic heterocycles. The molecule has 9 amide bonds. The molecule has 0 aliphatic rings. The van der Waals surface area contributed by atoms with Crippen molar-refractivity contribution in [2.24, 2.45) is 5.92 Å². The standard InChI is InChI=1S/C41H69N9O13/c1-15-16-17-21(2)33(55)32(37(59)46-31(29(10)53)30(54)18-19-51)50(14)41(63)28(9)49(13)40(62)25(6)45-36(58)27(8)48(12)39(61)24(5)44-34(56)22(3)43-35(57)26(7)47(11)38(60)23(4)42-20-52/h15-16,19-29,31-33,53,55H,17-18H2,1-14H3,(H,42,52)(H,43,57)(H,44,56)(H,45,58)(H,46,59)/b16-15+/t21-,22+,23+,24-,25+,26+,27+,28+,29-,31+,32+,33-/m1/s1. The molecular weight excluding hydrogens is 827 g/mol. The maximum Gasteiger partial charge on any atom is 0.246 e. The molecule has 0 aromatic rings. The summed E-state index contributed by atoms with van der Waals surface area (Å²) in [7, 11) is 5.16. The summed E-state index contributed by atoms with van der Waals surface area (Å²) in [6, 6.07) is -11.1. The van der Waals surface area contributed by atoms with Crippen molar-refractivity contribution < 1.29 is 63.0 Å². The Morgan fingerprint density at radius 3 is 1.40 bits per heavy atom. The largest absolute Gasteiger partial charge is 0.391 e. The third kappa shape index (κ3) is 16.5. The Morgan fingerprint density at radius 1 is 0.540 bits per heavy atom. The number of Topliss-reactive ketones (excluding diaryl/α,β-unsaturated/α-hetero) is 1. The lowest BCUT2D eigenvalue weighted by molar-refractivity contribution is -0.152. The molecule has 0 aliphatic heterocycles. The van der Waals surface area contributed by atoms with Gasteiger partial charge in [-0.2, -0.15) is 0 Å². The molecule has 22 heteroatoms. The van der Waals surface area contributed by atoms with Crippen LogP contribution in [0.25, 0.3) is 0 Å². The molecule has 0 rings (SSSR count). The minimum absolute atomic E-state index is 0.302. The first-order valence-electron chi connectivity index (χ1n) is 20.6. The number of allylic oxidation sites excluding steroid dienone is 2. The molecule has 0 saturated carbocycles. The molecule has 0 fully saturated rings. The van der Waals surface area contributed by atoms with E-state index in [1.807, 2.05) is 0 Å². The van der Waals surface area contributed by atoms with Gasteiger partial charge in [-0.1, -0.05) is 19.1 Å². The van der Waals surface area contributed by atoms with Crippen LogP contribution >= 0.6 is 0 Å². The van der Waals surface area contributed by atoms with E-state index < -0.39 is 132 Å². The van der Waals surface area contributed by atoms with E-state index in [4.69, 9.17) is 0 Å². The Balaban J connectivity index is 5.82. The maximum atomic E-state index is 13.9. The first kappa shape index (κ1) is 57.2. The van der Waals surface area contributed by atoms with Crippen molar-refractivity contribution in [1.29, 1.82) is 0 Å². The molecule has 0 bridgehead atoms. The van der Waals surface area contributed by atoms with Gasteiger partial charge >= 0.3 is 0 Å². The zero-order valence-corrected chi connectivity index (χ0v) is 38.8. The number of likely N-dealkylation sites (N-methyl/N-ethyl adjacent to an activating group) is 4. The summed E-state index contributed by atoms with van der Waals surface area (Å²) in [5.41, 5.74) is 0. The number of rotatable bonds is 26. The van der Waals surface area contributed by atoms with E-state index in [0.717, 1.165) is 19.6 Å². The van der Waals surface area contributed by atoms with Gasteiger partial charge in [0.15, 0.2) is 5.78 Å². The monoisotopic (exact) mass is 896 g/mol. The number of hydrogen-bond donors (Lipinski definition) is 7. The molecule has 0 radical (unpaired) electrons. The highest BCUT2D eigenvalue weighted by atomic mass is 16.3. The summed E-state index contributed by atoms with van der Waals surface area (Å²) in [5.74, 6) is -7.39. The van der Waals surface area contributed by atoms with Gasteiger partial charge < -0.3 is 61.2 Å². The molecule has 12 atom stereocenters. The topological polar surface area (TPSA) is 301 Å². The highest BCUT2D eigenvalue weighted by molar-refractivity contribution is 5.99. The number of aliphatic hydroxyl groups excluding tert-OH is 2. The maximum absolute atomic E-state index is 13.9. The number of amides is 9. The third-order valence-electron chi connectivity index (χ3n) is 10.9. The Hall–Kier alpha value is -5.77. The Bertz CT molecular complexity index is 1690. The molecule has 0 saturated heterocycles. The van der Waals surface area contributed by atoms with Crippen LogP contribution in [0.4, 0.5) is 0 Å². The first-order chi connectivity index (χ1) is 29.1. The average Bonchev–Trinajstić information content (AvgIpc) is 3.24. The number of aldehydes is 1. The predicted molar refractivity (Wildman–Crippen MR) is 229 cm³/mol. The number of carbonyl (C=O) groups is 11. The van der Waals surface area contributed by atoms with Crippen LogP contribution in [-0.2, 0) is 52.7 Å². The second-order valence-electron chi connectivity index (χ2n) is 15.8. The smallest absolute Gasteiger partial charge is 0.246 e. The van der Waals surface area contributed by atoms with Gasteiger partial charge in [0, 0.05) is 28.2 Å². The van der Waals surface area contributed by atoms with E-state index in [-0.39, 0.29) is 0 Å². The fourth-order valence-corrected chi connectivity index (χ4v) is 6.09. The molecule has 63 heavy (non-hydrogen) atoms. The highest BCUT2D eigenvalue weighted by Crippen LogP contribution is 2.19. The van der Waals surface area contributed by atoms with Crippen LogP contribution in [0.15, 0.2) is 12.2 Å². The molecular formula is C41H69N9O13. The molecule has 0 spiro atoms.